The van der Waals surface area contributed by atoms with Gasteiger partial charge in [0.2, 0.25) is 10.0 Å². The van der Waals surface area contributed by atoms with Gasteiger partial charge >= 0.3 is 0 Å². The van der Waals surface area contributed by atoms with Gasteiger partial charge in [-0.3, -0.25) is 4.79 Å². The Morgan fingerprint density at radius 1 is 1.03 bits per heavy atom. The molecule has 0 saturated heterocycles. The van der Waals surface area contributed by atoms with Crippen LogP contribution in [0.3, 0.4) is 0 Å². The Bertz CT molecular complexity index is 1120. The lowest BCUT2D eigenvalue weighted by Gasteiger charge is -2.29. The van der Waals surface area contributed by atoms with Crippen LogP contribution in [0.15, 0.2) is 70.9 Å². The molecule has 0 bridgehead atoms. The van der Waals surface area contributed by atoms with Crippen LogP contribution in [-0.4, -0.2) is 50.8 Å². The number of methoxy groups -OCH3 is 1. The first kappa shape index (κ1) is 24.0. The molecule has 3 aromatic rings. The van der Waals surface area contributed by atoms with E-state index in [4.69, 9.17) is 4.74 Å². The lowest BCUT2D eigenvalue weighted by Crippen LogP contribution is -2.39. The quantitative estimate of drug-likeness (QED) is 0.466. The molecule has 0 aliphatic heterocycles. The summed E-state index contributed by atoms with van der Waals surface area (Å²) in [4.78, 5) is 16.7. The van der Waals surface area contributed by atoms with Crippen molar-refractivity contribution in [3.05, 3.63) is 82.0 Å². The van der Waals surface area contributed by atoms with Crippen LogP contribution in [0.25, 0.3) is 0 Å². The maximum atomic E-state index is 13.5. The molecule has 6 nitrogen and oxygen atoms in total. The molecule has 0 aliphatic carbocycles. The minimum atomic E-state index is -3.55. The third-order valence-electron chi connectivity index (χ3n) is 5.26. The molecule has 32 heavy (non-hydrogen) atoms. The number of carbonyl (C=O) groups excluding carboxylic acids is 1. The van der Waals surface area contributed by atoms with Gasteiger partial charge in [-0.25, -0.2) is 12.7 Å². The van der Waals surface area contributed by atoms with Gasteiger partial charge in [-0.15, -0.1) is 11.3 Å². The summed E-state index contributed by atoms with van der Waals surface area (Å²) in [5, 5.41) is 2.03. The second-order valence-electron chi connectivity index (χ2n) is 7.73. The number of sulfonamides is 1. The molecule has 2 aromatic carbocycles. The van der Waals surface area contributed by atoms with E-state index in [1.165, 1.54) is 31.1 Å². The molecule has 170 valence electrons. The third kappa shape index (κ3) is 5.56. The Morgan fingerprint density at radius 2 is 1.69 bits per heavy atom. The highest BCUT2D eigenvalue weighted by Crippen LogP contribution is 2.21. The van der Waals surface area contributed by atoms with Gasteiger partial charge in [0.15, 0.2) is 0 Å². The number of benzene rings is 2. The number of nitrogens with zero attached hydrogens (tertiary/aromatic N) is 2. The molecule has 1 aromatic heterocycles. The largest absolute Gasteiger partial charge is 0.497 e. The standard InChI is InChI=1S/C24H28N2O4S2/c1-18(16-22-6-5-15-31-22)26(17-19-7-11-21(30-4)12-8-19)24(27)20-9-13-23(14-10-20)32(28,29)25(2)3/h5-15,18H,16-17H2,1-4H3/t18-/m0/s1. The summed E-state index contributed by atoms with van der Waals surface area (Å²) in [7, 11) is 1.04. The lowest BCUT2D eigenvalue weighted by atomic mass is 10.1. The fourth-order valence-corrected chi connectivity index (χ4v) is 5.06. The maximum Gasteiger partial charge on any atom is 0.254 e. The first-order valence-corrected chi connectivity index (χ1v) is 12.5. The van der Waals surface area contributed by atoms with E-state index < -0.39 is 10.0 Å². The van der Waals surface area contributed by atoms with Crippen LogP contribution >= 0.6 is 11.3 Å². The van der Waals surface area contributed by atoms with Gasteiger partial charge in [0.1, 0.15) is 5.75 Å². The Hall–Kier alpha value is -2.68. The number of hydrogen-bond acceptors (Lipinski definition) is 5. The third-order valence-corrected chi connectivity index (χ3v) is 7.99. The van der Waals surface area contributed by atoms with Gasteiger partial charge in [0.05, 0.1) is 12.0 Å². The Morgan fingerprint density at radius 3 is 2.22 bits per heavy atom. The van der Waals surface area contributed by atoms with Crippen molar-refractivity contribution in [2.45, 2.75) is 30.8 Å². The summed E-state index contributed by atoms with van der Waals surface area (Å²) < 4.78 is 31.1. The first-order valence-electron chi connectivity index (χ1n) is 10.2. The normalized spacial score (nSPS) is 12.5. The molecule has 0 fully saturated rings. The summed E-state index contributed by atoms with van der Waals surface area (Å²) in [6, 6.07) is 17.8. The van der Waals surface area contributed by atoms with E-state index >= 15 is 0 Å². The van der Waals surface area contributed by atoms with Crippen molar-refractivity contribution >= 4 is 27.3 Å². The highest BCUT2D eigenvalue weighted by Gasteiger charge is 2.24. The van der Waals surface area contributed by atoms with E-state index in [9.17, 15) is 13.2 Å². The average Bonchev–Trinajstić information content (AvgIpc) is 3.30. The molecule has 0 unspecified atom stereocenters. The van der Waals surface area contributed by atoms with Crippen LogP contribution < -0.4 is 4.74 Å². The summed E-state index contributed by atoms with van der Waals surface area (Å²) in [5.74, 6) is 0.620. The molecule has 0 spiro atoms. The Balaban J connectivity index is 1.87. The Labute approximate surface area is 194 Å². The van der Waals surface area contributed by atoms with Gasteiger partial charge in [0.25, 0.3) is 5.91 Å². The summed E-state index contributed by atoms with van der Waals surface area (Å²) in [6.07, 6.45) is 0.743. The maximum absolute atomic E-state index is 13.5. The molecule has 0 saturated carbocycles. The molecule has 1 amide bonds. The number of ether oxygens (including phenoxy) is 1. The number of thiophene rings is 1. The minimum Gasteiger partial charge on any atom is -0.497 e. The van der Waals surface area contributed by atoms with Gasteiger partial charge in [0, 0.05) is 43.5 Å². The van der Waals surface area contributed by atoms with Crippen molar-refractivity contribution in [1.82, 2.24) is 9.21 Å². The number of hydrogen-bond donors (Lipinski definition) is 0. The highest BCUT2D eigenvalue weighted by atomic mass is 32.2. The van der Waals surface area contributed by atoms with Gasteiger partial charge in [-0.1, -0.05) is 18.2 Å². The van der Waals surface area contributed by atoms with Crippen LogP contribution in [0, 0.1) is 0 Å². The smallest absolute Gasteiger partial charge is 0.254 e. The molecule has 0 N–H and O–H groups in total. The molecule has 1 heterocycles. The van der Waals surface area contributed by atoms with E-state index in [1.54, 1.807) is 30.6 Å². The molecule has 0 radical (unpaired) electrons. The number of amides is 1. The molecule has 1 atom stereocenters. The topological polar surface area (TPSA) is 66.9 Å². The molecule has 8 heteroatoms. The van der Waals surface area contributed by atoms with E-state index in [-0.39, 0.29) is 16.8 Å². The fourth-order valence-electron chi connectivity index (χ4n) is 3.33. The van der Waals surface area contributed by atoms with Crippen molar-refractivity contribution in [2.75, 3.05) is 21.2 Å². The van der Waals surface area contributed by atoms with E-state index in [1.807, 2.05) is 47.5 Å². The zero-order chi connectivity index (χ0) is 23.3. The van der Waals surface area contributed by atoms with Crippen molar-refractivity contribution in [3.63, 3.8) is 0 Å². The number of carbonyl (C=O) groups is 1. The molecular weight excluding hydrogens is 444 g/mol. The average molecular weight is 473 g/mol. The van der Waals surface area contributed by atoms with E-state index in [0.29, 0.717) is 12.1 Å². The summed E-state index contributed by atoms with van der Waals surface area (Å²) in [5.41, 5.74) is 1.44. The van der Waals surface area contributed by atoms with Crippen molar-refractivity contribution < 1.29 is 17.9 Å². The van der Waals surface area contributed by atoms with Crippen molar-refractivity contribution in [2.24, 2.45) is 0 Å². The van der Waals surface area contributed by atoms with Gasteiger partial charge < -0.3 is 9.64 Å². The highest BCUT2D eigenvalue weighted by molar-refractivity contribution is 7.89. The van der Waals surface area contributed by atoms with Gasteiger partial charge in [-0.2, -0.15) is 0 Å². The predicted octanol–water partition coefficient (Wildman–Crippen LogP) is 4.28. The minimum absolute atomic E-state index is 0.0477. The predicted molar refractivity (Wildman–Crippen MR) is 128 cm³/mol. The van der Waals surface area contributed by atoms with Crippen LogP contribution in [0.4, 0.5) is 0 Å². The van der Waals surface area contributed by atoms with Crippen LogP contribution in [-0.2, 0) is 23.0 Å². The fraction of sp³-hybridized carbons (Fsp3) is 0.292. The van der Waals surface area contributed by atoms with Crippen LogP contribution in [0.5, 0.6) is 5.75 Å². The Kier molecular flexibility index (Phi) is 7.71. The summed E-state index contributed by atoms with van der Waals surface area (Å²) in [6.45, 7) is 2.47. The SMILES string of the molecule is COc1ccc(CN(C(=O)c2ccc(S(=O)(=O)N(C)C)cc2)[C@@H](C)Cc2cccs2)cc1. The van der Waals surface area contributed by atoms with Crippen molar-refractivity contribution in [1.29, 1.82) is 0 Å². The molecule has 0 aliphatic rings. The van der Waals surface area contributed by atoms with Gasteiger partial charge in [-0.05, 0) is 60.3 Å². The zero-order valence-electron chi connectivity index (χ0n) is 18.7. The van der Waals surface area contributed by atoms with Crippen molar-refractivity contribution in [3.8, 4) is 5.75 Å². The van der Waals surface area contributed by atoms with E-state index in [2.05, 4.69) is 6.07 Å². The number of rotatable bonds is 9. The lowest BCUT2D eigenvalue weighted by molar-refractivity contribution is 0.0676. The first-order chi connectivity index (χ1) is 15.2. The summed E-state index contributed by atoms with van der Waals surface area (Å²) >= 11 is 1.67. The molecule has 3 rings (SSSR count). The monoisotopic (exact) mass is 472 g/mol. The van der Waals surface area contributed by atoms with Crippen LogP contribution in [0.1, 0.15) is 27.7 Å². The zero-order valence-corrected chi connectivity index (χ0v) is 20.3. The second-order valence-corrected chi connectivity index (χ2v) is 10.9. The molecular formula is C24H28N2O4S2. The van der Waals surface area contributed by atoms with E-state index in [0.717, 1.165) is 22.0 Å². The second kappa shape index (κ2) is 10.3. The van der Waals surface area contributed by atoms with Crippen LogP contribution in [0.2, 0.25) is 0 Å².